The predicted molar refractivity (Wildman–Crippen MR) is 111 cm³/mol. The number of amides is 1. The van der Waals surface area contributed by atoms with Gasteiger partial charge >= 0.3 is 0 Å². The Morgan fingerprint density at radius 3 is 2.61 bits per heavy atom. The van der Waals surface area contributed by atoms with Gasteiger partial charge in [-0.1, -0.05) is 23.7 Å². The highest BCUT2D eigenvalue weighted by Crippen LogP contribution is 2.23. The number of rotatable bonds is 7. The van der Waals surface area contributed by atoms with E-state index in [1.165, 1.54) is 11.3 Å². The number of para-hydroxylation sites is 1. The number of nitrogens with one attached hydrogen (secondary N) is 1. The molecule has 0 aliphatic rings. The lowest BCUT2D eigenvalue weighted by Gasteiger charge is -2.26. The molecular weight excluding hydrogens is 398 g/mol. The molecule has 1 N–H and O–H groups in total. The molecule has 0 aliphatic heterocycles. The van der Waals surface area contributed by atoms with Crippen LogP contribution in [-0.2, 0) is 11.3 Å². The number of hydrogen-bond donors (Lipinski definition) is 1. The highest BCUT2D eigenvalue weighted by Gasteiger charge is 2.20. The van der Waals surface area contributed by atoms with Gasteiger partial charge in [0.15, 0.2) is 5.78 Å². The van der Waals surface area contributed by atoms with Gasteiger partial charge in [0.1, 0.15) is 5.82 Å². The van der Waals surface area contributed by atoms with E-state index in [1.807, 2.05) is 19.9 Å². The minimum Gasteiger partial charge on any atom is -0.333 e. The lowest BCUT2D eigenvalue weighted by Crippen LogP contribution is -2.37. The zero-order valence-electron chi connectivity index (χ0n) is 15.6. The van der Waals surface area contributed by atoms with E-state index in [9.17, 15) is 14.4 Å². The van der Waals surface area contributed by atoms with E-state index in [0.717, 1.165) is 0 Å². The van der Waals surface area contributed by atoms with Crippen molar-refractivity contribution in [3.63, 3.8) is 0 Å². The SMILES string of the molecule is CC(C)N(Cc1nc2ccccc2c(=O)[nH]1)C(=O)CCC(=O)c1ccc(Cl)s1. The topological polar surface area (TPSA) is 83.1 Å². The summed E-state index contributed by atoms with van der Waals surface area (Å²) in [6.07, 6.45) is 0.199. The van der Waals surface area contributed by atoms with Crippen LogP contribution in [0.3, 0.4) is 0 Å². The number of nitrogens with zero attached hydrogens (tertiary/aromatic N) is 2. The number of carbonyl (C=O) groups excluding carboxylic acids is 2. The first-order chi connectivity index (χ1) is 13.3. The van der Waals surface area contributed by atoms with Gasteiger partial charge in [0, 0.05) is 18.9 Å². The van der Waals surface area contributed by atoms with Gasteiger partial charge in [-0.2, -0.15) is 0 Å². The van der Waals surface area contributed by atoms with Crippen LogP contribution < -0.4 is 5.56 Å². The molecule has 0 aliphatic carbocycles. The maximum atomic E-state index is 12.7. The molecule has 3 aromatic rings. The standard InChI is InChI=1S/C20H20ClN3O3S/c1-12(2)24(19(26)10-7-15(25)16-8-9-17(21)28-16)11-18-22-14-6-4-3-5-13(14)20(27)23-18/h3-6,8-9,12H,7,10-11H2,1-2H3,(H,22,23,27). The number of halogens is 1. The lowest BCUT2D eigenvalue weighted by atomic mass is 10.1. The molecule has 0 radical (unpaired) electrons. The molecule has 0 unspecified atom stereocenters. The summed E-state index contributed by atoms with van der Waals surface area (Å²) in [5, 5.41) is 0.508. The third-order valence-corrected chi connectivity index (χ3v) is 5.61. The second kappa shape index (κ2) is 8.67. The molecule has 2 heterocycles. The molecule has 0 spiro atoms. The number of aromatic nitrogens is 2. The number of aromatic amines is 1. The first-order valence-electron chi connectivity index (χ1n) is 8.91. The Balaban J connectivity index is 1.71. The summed E-state index contributed by atoms with van der Waals surface area (Å²) in [6.45, 7) is 3.95. The van der Waals surface area contributed by atoms with Crippen molar-refractivity contribution < 1.29 is 9.59 Å². The number of Topliss-reactive ketones (excluding diaryl/α,β-unsaturated/α-hetero) is 1. The van der Waals surface area contributed by atoms with Crippen LogP contribution in [-0.4, -0.2) is 32.6 Å². The maximum absolute atomic E-state index is 12.7. The molecule has 28 heavy (non-hydrogen) atoms. The summed E-state index contributed by atoms with van der Waals surface area (Å²) in [5.74, 6) is 0.148. The molecule has 1 aromatic carbocycles. The number of ketones is 1. The first kappa shape index (κ1) is 20.2. The van der Waals surface area contributed by atoms with Crippen molar-refractivity contribution in [2.24, 2.45) is 0 Å². The number of H-pyrrole nitrogens is 1. The average molecular weight is 418 g/mol. The van der Waals surface area contributed by atoms with Crippen LogP contribution in [0.2, 0.25) is 4.34 Å². The van der Waals surface area contributed by atoms with E-state index in [-0.39, 0.29) is 42.7 Å². The number of carbonyl (C=O) groups is 2. The van der Waals surface area contributed by atoms with Crippen LogP contribution in [0.25, 0.3) is 10.9 Å². The summed E-state index contributed by atoms with van der Waals surface area (Å²) in [4.78, 5) is 46.5. The summed E-state index contributed by atoms with van der Waals surface area (Å²) in [6, 6.07) is 10.3. The molecular formula is C20H20ClN3O3S. The molecule has 0 atom stereocenters. The van der Waals surface area contributed by atoms with Gasteiger partial charge in [-0.25, -0.2) is 4.98 Å². The van der Waals surface area contributed by atoms with Crippen LogP contribution in [0.5, 0.6) is 0 Å². The Labute approximate surface area is 171 Å². The summed E-state index contributed by atoms with van der Waals surface area (Å²) in [7, 11) is 0. The van der Waals surface area contributed by atoms with Crippen molar-refractivity contribution in [2.45, 2.75) is 39.3 Å². The molecule has 0 saturated carbocycles. The minimum absolute atomic E-state index is 0.0876. The number of fused-ring (bicyclic) bond motifs is 1. The van der Waals surface area contributed by atoms with Crippen LogP contribution in [0.15, 0.2) is 41.2 Å². The van der Waals surface area contributed by atoms with Gasteiger partial charge in [-0.3, -0.25) is 14.4 Å². The number of benzene rings is 1. The molecule has 2 aromatic heterocycles. The van der Waals surface area contributed by atoms with Crippen LogP contribution in [0.1, 0.15) is 42.2 Å². The van der Waals surface area contributed by atoms with Crippen molar-refractivity contribution in [1.82, 2.24) is 14.9 Å². The molecule has 0 fully saturated rings. The van der Waals surface area contributed by atoms with Crippen molar-refractivity contribution in [3.8, 4) is 0 Å². The van der Waals surface area contributed by atoms with Crippen LogP contribution in [0, 0.1) is 0 Å². The Hall–Kier alpha value is -2.51. The highest BCUT2D eigenvalue weighted by molar-refractivity contribution is 7.18. The second-order valence-electron chi connectivity index (χ2n) is 6.67. The largest absolute Gasteiger partial charge is 0.333 e. The van der Waals surface area contributed by atoms with E-state index >= 15 is 0 Å². The molecule has 0 saturated heterocycles. The van der Waals surface area contributed by atoms with E-state index in [4.69, 9.17) is 11.6 Å². The van der Waals surface area contributed by atoms with Crippen molar-refractivity contribution >= 4 is 45.5 Å². The summed E-state index contributed by atoms with van der Waals surface area (Å²) >= 11 is 7.07. The third-order valence-electron chi connectivity index (χ3n) is 4.34. The Bertz CT molecular complexity index is 1070. The fourth-order valence-electron chi connectivity index (χ4n) is 2.88. The zero-order chi connectivity index (χ0) is 20.3. The molecule has 6 nitrogen and oxygen atoms in total. The van der Waals surface area contributed by atoms with Gasteiger partial charge in [-0.15, -0.1) is 11.3 Å². The van der Waals surface area contributed by atoms with Gasteiger partial charge in [-0.05, 0) is 38.1 Å². The fraction of sp³-hybridized carbons (Fsp3) is 0.300. The predicted octanol–water partition coefficient (Wildman–Crippen LogP) is 4.04. The Kier molecular flexibility index (Phi) is 6.26. The van der Waals surface area contributed by atoms with Gasteiger partial charge in [0.25, 0.3) is 5.56 Å². The normalized spacial score (nSPS) is 11.1. The van der Waals surface area contributed by atoms with Crippen molar-refractivity contribution in [1.29, 1.82) is 0 Å². The van der Waals surface area contributed by atoms with Crippen LogP contribution in [0.4, 0.5) is 0 Å². The van der Waals surface area contributed by atoms with Gasteiger partial charge < -0.3 is 9.88 Å². The van der Waals surface area contributed by atoms with E-state index < -0.39 is 0 Å². The summed E-state index contributed by atoms with van der Waals surface area (Å²) < 4.78 is 0.546. The average Bonchev–Trinajstić information content (AvgIpc) is 3.10. The molecule has 0 bridgehead atoms. The van der Waals surface area contributed by atoms with E-state index in [2.05, 4.69) is 9.97 Å². The van der Waals surface area contributed by atoms with Crippen molar-refractivity contribution in [2.75, 3.05) is 0 Å². The second-order valence-corrected chi connectivity index (χ2v) is 8.39. The van der Waals surface area contributed by atoms with Gasteiger partial charge in [0.05, 0.1) is 26.7 Å². The third kappa shape index (κ3) is 4.66. The smallest absolute Gasteiger partial charge is 0.258 e. The maximum Gasteiger partial charge on any atom is 0.258 e. The monoisotopic (exact) mass is 417 g/mol. The van der Waals surface area contributed by atoms with Gasteiger partial charge in [0.2, 0.25) is 5.91 Å². The Morgan fingerprint density at radius 1 is 1.18 bits per heavy atom. The van der Waals surface area contributed by atoms with E-state index in [1.54, 1.807) is 35.2 Å². The van der Waals surface area contributed by atoms with E-state index in [0.29, 0.717) is 25.9 Å². The first-order valence-corrected chi connectivity index (χ1v) is 10.1. The Morgan fingerprint density at radius 2 is 1.93 bits per heavy atom. The zero-order valence-corrected chi connectivity index (χ0v) is 17.1. The summed E-state index contributed by atoms with van der Waals surface area (Å²) in [5.41, 5.74) is 0.351. The van der Waals surface area contributed by atoms with Crippen LogP contribution >= 0.6 is 22.9 Å². The quantitative estimate of drug-likeness (QED) is 0.588. The molecule has 8 heteroatoms. The molecule has 146 valence electrons. The lowest BCUT2D eigenvalue weighted by molar-refractivity contribution is -0.133. The molecule has 1 amide bonds. The van der Waals surface area contributed by atoms with Crippen molar-refractivity contribution in [3.05, 3.63) is 61.8 Å². The fourth-order valence-corrected chi connectivity index (χ4v) is 3.89. The number of hydrogen-bond acceptors (Lipinski definition) is 5. The number of thiophene rings is 1. The minimum atomic E-state index is -0.235. The molecule has 3 rings (SSSR count). The highest BCUT2D eigenvalue weighted by atomic mass is 35.5.